The van der Waals surface area contributed by atoms with Crippen LogP contribution >= 0.6 is 11.8 Å². The molecule has 2 aromatic carbocycles. The highest BCUT2D eigenvalue weighted by Crippen LogP contribution is 2.28. The Labute approximate surface area is 153 Å². The van der Waals surface area contributed by atoms with E-state index >= 15 is 0 Å². The SMILES string of the molecule is CCc1ccc(N=C2NC(=O)/C(=C/c3ccc(C(C)C)cc3)S2)cc1. The molecule has 0 spiro atoms. The van der Waals surface area contributed by atoms with E-state index in [1.807, 2.05) is 18.2 Å². The molecular formula is C21H22N2OS. The summed E-state index contributed by atoms with van der Waals surface area (Å²) >= 11 is 1.38. The van der Waals surface area contributed by atoms with Crippen LogP contribution in [0.1, 0.15) is 43.4 Å². The molecular weight excluding hydrogens is 328 g/mol. The minimum atomic E-state index is -0.0955. The molecule has 0 saturated carbocycles. The lowest BCUT2D eigenvalue weighted by Crippen LogP contribution is -2.19. The van der Waals surface area contributed by atoms with Crippen molar-refractivity contribution in [2.75, 3.05) is 0 Å². The average Bonchev–Trinajstić information content (AvgIpc) is 2.95. The molecule has 2 aromatic rings. The second-order valence-corrected chi connectivity index (χ2v) is 7.35. The maximum absolute atomic E-state index is 12.2. The largest absolute Gasteiger partial charge is 0.300 e. The van der Waals surface area contributed by atoms with Crippen molar-refractivity contribution in [3.63, 3.8) is 0 Å². The van der Waals surface area contributed by atoms with Crippen LogP contribution in [0.15, 0.2) is 58.4 Å². The summed E-state index contributed by atoms with van der Waals surface area (Å²) in [5.41, 5.74) is 4.44. The number of nitrogens with one attached hydrogen (secondary N) is 1. The van der Waals surface area contributed by atoms with Gasteiger partial charge in [0.1, 0.15) is 0 Å². The number of rotatable bonds is 4. The van der Waals surface area contributed by atoms with Crippen molar-refractivity contribution in [3.05, 3.63) is 70.1 Å². The van der Waals surface area contributed by atoms with Gasteiger partial charge >= 0.3 is 0 Å². The summed E-state index contributed by atoms with van der Waals surface area (Å²) < 4.78 is 0. The van der Waals surface area contributed by atoms with Crippen molar-refractivity contribution in [2.45, 2.75) is 33.1 Å². The van der Waals surface area contributed by atoms with E-state index < -0.39 is 0 Å². The van der Waals surface area contributed by atoms with Crippen LogP contribution < -0.4 is 5.32 Å². The third kappa shape index (κ3) is 4.40. The maximum atomic E-state index is 12.2. The second kappa shape index (κ2) is 7.70. The zero-order valence-electron chi connectivity index (χ0n) is 14.7. The van der Waals surface area contributed by atoms with E-state index in [0.29, 0.717) is 16.0 Å². The summed E-state index contributed by atoms with van der Waals surface area (Å²) in [4.78, 5) is 17.4. The Morgan fingerprint density at radius 1 is 1.08 bits per heavy atom. The molecule has 1 amide bonds. The molecule has 1 heterocycles. The fraction of sp³-hybridized carbons (Fsp3) is 0.238. The third-order valence-electron chi connectivity index (χ3n) is 4.13. The van der Waals surface area contributed by atoms with Gasteiger partial charge in [0, 0.05) is 0 Å². The van der Waals surface area contributed by atoms with E-state index in [4.69, 9.17) is 0 Å². The van der Waals surface area contributed by atoms with Gasteiger partial charge in [-0.1, -0.05) is 57.2 Å². The van der Waals surface area contributed by atoms with Crippen molar-refractivity contribution in [1.29, 1.82) is 0 Å². The summed E-state index contributed by atoms with van der Waals surface area (Å²) in [6.07, 6.45) is 2.91. The molecule has 0 bridgehead atoms. The summed E-state index contributed by atoms with van der Waals surface area (Å²) in [6, 6.07) is 16.4. The van der Waals surface area contributed by atoms with Crippen LogP contribution in [0, 0.1) is 0 Å². The number of amidine groups is 1. The molecule has 4 heteroatoms. The first-order valence-corrected chi connectivity index (χ1v) is 9.35. The predicted molar refractivity (Wildman–Crippen MR) is 107 cm³/mol. The smallest absolute Gasteiger partial charge is 0.264 e. The van der Waals surface area contributed by atoms with Crippen molar-refractivity contribution < 1.29 is 4.79 Å². The quantitative estimate of drug-likeness (QED) is 0.764. The van der Waals surface area contributed by atoms with Crippen molar-refractivity contribution in [2.24, 2.45) is 4.99 Å². The highest BCUT2D eigenvalue weighted by molar-refractivity contribution is 8.18. The third-order valence-corrected chi connectivity index (χ3v) is 5.04. The Hall–Kier alpha value is -2.33. The van der Waals surface area contributed by atoms with E-state index in [9.17, 15) is 4.79 Å². The number of amides is 1. The average molecular weight is 350 g/mol. The van der Waals surface area contributed by atoms with Crippen LogP contribution in [0.5, 0.6) is 0 Å². The topological polar surface area (TPSA) is 41.5 Å². The molecule has 3 nitrogen and oxygen atoms in total. The van der Waals surface area contributed by atoms with Crippen LogP contribution in [0.3, 0.4) is 0 Å². The first kappa shape index (κ1) is 17.5. The van der Waals surface area contributed by atoms with Crippen molar-refractivity contribution >= 4 is 34.6 Å². The zero-order chi connectivity index (χ0) is 17.8. The number of thioether (sulfide) groups is 1. The number of hydrogen-bond donors (Lipinski definition) is 1. The number of aryl methyl sites for hydroxylation is 1. The van der Waals surface area contributed by atoms with Crippen LogP contribution in [0.2, 0.25) is 0 Å². The number of nitrogens with zero attached hydrogens (tertiary/aromatic N) is 1. The zero-order valence-corrected chi connectivity index (χ0v) is 15.6. The lowest BCUT2D eigenvalue weighted by Gasteiger charge is -2.04. The van der Waals surface area contributed by atoms with Gasteiger partial charge in [0.2, 0.25) is 0 Å². The fourth-order valence-corrected chi connectivity index (χ4v) is 3.37. The molecule has 1 saturated heterocycles. The minimum absolute atomic E-state index is 0.0955. The van der Waals surface area contributed by atoms with Crippen LogP contribution in [0.4, 0.5) is 5.69 Å². The Bertz CT molecular complexity index is 818. The van der Waals surface area contributed by atoms with Gasteiger partial charge in [0.15, 0.2) is 5.17 Å². The van der Waals surface area contributed by atoms with Crippen LogP contribution in [-0.2, 0) is 11.2 Å². The molecule has 0 aromatic heterocycles. The summed E-state index contributed by atoms with van der Waals surface area (Å²) in [7, 11) is 0. The van der Waals surface area contributed by atoms with E-state index in [1.54, 1.807) is 0 Å². The molecule has 1 N–H and O–H groups in total. The standard InChI is InChI=1S/C21H22N2OS/c1-4-15-7-11-18(12-8-15)22-21-23-20(24)19(25-21)13-16-5-9-17(10-6-16)14(2)3/h5-14H,4H2,1-3H3,(H,22,23,24)/b19-13-. The number of aliphatic imine (C=N–C) groups is 1. The lowest BCUT2D eigenvalue weighted by atomic mass is 10.0. The second-order valence-electron chi connectivity index (χ2n) is 6.32. The molecule has 128 valence electrons. The van der Waals surface area contributed by atoms with Gasteiger partial charge in [-0.05, 0) is 59.0 Å². The Morgan fingerprint density at radius 3 is 2.36 bits per heavy atom. The minimum Gasteiger partial charge on any atom is -0.300 e. The summed E-state index contributed by atoms with van der Waals surface area (Å²) in [5.74, 6) is 0.408. The van der Waals surface area contributed by atoms with Crippen LogP contribution in [-0.4, -0.2) is 11.1 Å². The van der Waals surface area contributed by atoms with E-state index in [1.165, 1.54) is 22.9 Å². The normalized spacial score (nSPS) is 17.5. The van der Waals surface area contributed by atoms with Crippen LogP contribution in [0.25, 0.3) is 6.08 Å². The van der Waals surface area contributed by atoms with Gasteiger partial charge in [0.05, 0.1) is 10.6 Å². The van der Waals surface area contributed by atoms with E-state index in [-0.39, 0.29) is 5.91 Å². The molecule has 0 radical (unpaired) electrons. The first-order valence-electron chi connectivity index (χ1n) is 8.53. The molecule has 0 unspecified atom stereocenters. The molecule has 0 atom stereocenters. The van der Waals surface area contributed by atoms with Gasteiger partial charge in [0.25, 0.3) is 5.91 Å². The lowest BCUT2D eigenvalue weighted by molar-refractivity contribution is -0.115. The van der Waals surface area contributed by atoms with E-state index in [2.05, 4.69) is 67.5 Å². The highest BCUT2D eigenvalue weighted by atomic mass is 32.2. The van der Waals surface area contributed by atoms with Gasteiger partial charge in [-0.25, -0.2) is 4.99 Å². The summed E-state index contributed by atoms with van der Waals surface area (Å²) in [5, 5.41) is 3.46. The highest BCUT2D eigenvalue weighted by Gasteiger charge is 2.23. The number of carbonyl (C=O) groups is 1. The van der Waals surface area contributed by atoms with Gasteiger partial charge in [-0.2, -0.15) is 0 Å². The summed E-state index contributed by atoms with van der Waals surface area (Å²) in [6.45, 7) is 6.46. The predicted octanol–water partition coefficient (Wildman–Crippen LogP) is 5.26. The monoisotopic (exact) mass is 350 g/mol. The number of hydrogen-bond acceptors (Lipinski definition) is 3. The van der Waals surface area contributed by atoms with Gasteiger partial charge < -0.3 is 5.32 Å². The number of benzene rings is 2. The molecule has 1 aliphatic heterocycles. The van der Waals surface area contributed by atoms with Gasteiger partial charge in [-0.3, -0.25) is 4.79 Å². The maximum Gasteiger partial charge on any atom is 0.264 e. The Morgan fingerprint density at radius 2 is 1.76 bits per heavy atom. The fourth-order valence-electron chi connectivity index (χ4n) is 2.53. The molecule has 1 aliphatic rings. The van der Waals surface area contributed by atoms with Gasteiger partial charge in [-0.15, -0.1) is 0 Å². The van der Waals surface area contributed by atoms with E-state index in [0.717, 1.165) is 17.7 Å². The molecule has 25 heavy (non-hydrogen) atoms. The van der Waals surface area contributed by atoms with Crippen molar-refractivity contribution in [1.82, 2.24) is 5.32 Å². The first-order chi connectivity index (χ1) is 12.0. The molecule has 3 rings (SSSR count). The van der Waals surface area contributed by atoms with Crippen molar-refractivity contribution in [3.8, 4) is 0 Å². The molecule has 1 fully saturated rings. The molecule has 0 aliphatic carbocycles. The number of carbonyl (C=O) groups excluding carboxylic acids is 1. The Balaban J connectivity index is 1.76. The Kier molecular flexibility index (Phi) is 5.39.